The molecule has 1 aliphatic rings. The van der Waals surface area contributed by atoms with E-state index in [1.165, 1.54) is 0 Å². The molecule has 0 bridgehead atoms. The summed E-state index contributed by atoms with van der Waals surface area (Å²) in [5, 5.41) is 7.20. The molecular weight excluding hydrogens is 368 g/mol. The number of piperazine rings is 1. The van der Waals surface area contributed by atoms with Crippen LogP contribution in [-0.4, -0.2) is 62.7 Å². The molecule has 8 nitrogen and oxygen atoms in total. The van der Waals surface area contributed by atoms with Crippen molar-refractivity contribution >= 4 is 17.8 Å². The smallest absolute Gasteiger partial charge is 0.323 e. The maximum Gasteiger partial charge on any atom is 0.323 e. The van der Waals surface area contributed by atoms with Crippen LogP contribution in [0.4, 0.5) is 10.6 Å². The van der Waals surface area contributed by atoms with E-state index < -0.39 is 0 Å². The number of carbonyl (C=O) groups is 2. The molecule has 1 aliphatic heterocycles. The summed E-state index contributed by atoms with van der Waals surface area (Å²) >= 11 is 0. The van der Waals surface area contributed by atoms with E-state index >= 15 is 0 Å². The van der Waals surface area contributed by atoms with Gasteiger partial charge in [0.15, 0.2) is 5.82 Å². The lowest BCUT2D eigenvalue weighted by Gasteiger charge is -2.34. The average Bonchev–Trinajstić information content (AvgIpc) is 3.21. The van der Waals surface area contributed by atoms with E-state index in [1.807, 2.05) is 48.5 Å². The van der Waals surface area contributed by atoms with Crippen molar-refractivity contribution < 1.29 is 9.59 Å². The number of pyridine rings is 1. The van der Waals surface area contributed by atoms with E-state index in [9.17, 15) is 9.59 Å². The summed E-state index contributed by atoms with van der Waals surface area (Å²) in [5.41, 5.74) is 1.57. The molecule has 0 spiro atoms. The molecule has 3 aromatic rings. The van der Waals surface area contributed by atoms with Crippen molar-refractivity contribution in [3.8, 4) is 0 Å². The van der Waals surface area contributed by atoms with Crippen LogP contribution in [0.5, 0.6) is 0 Å². The van der Waals surface area contributed by atoms with E-state index in [1.54, 1.807) is 32.9 Å². The van der Waals surface area contributed by atoms with E-state index in [0.29, 0.717) is 44.1 Å². The highest BCUT2D eigenvalue weighted by Gasteiger charge is 2.25. The van der Waals surface area contributed by atoms with Crippen LogP contribution in [0.25, 0.3) is 0 Å². The second-order valence-corrected chi connectivity index (χ2v) is 6.80. The summed E-state index contributed by atoms with van der Waals surface area (Å²) in [6, 6.07) is 16.5. The Morgan fingerprint density at radius 1 is 0.897 bits per heavy atom. The van der Waals surface area contributed by atoms with Gasteiger partial charge in [0.05, 0.1) is 12.2 Å². The van der Waals surface area contributed by atoms with Crippen LogP contribution in [0.2, 0.25) is 0 Å². The van der Waals surface area contributed by atoms with Crippen molar-refractivity contribution in [3.05, 3.63) is 78.2 Å². The first-order valence-electron chi connectivity index (χ1n) is 9.53. The summed E-state index contributed by atoms with van der Waals surface area (Å²) in [5.74, 6) is 0.493. The molecule has 3 amide bonds. The number of anilines is 1. The zero-order valence-corrected chi connectivity index (χ0v) is 15.9. The molecule has 0 unspecified atom stereocenters. The Kier molecular flexibility index (Phi) is 5.51. The van der Waals surface area contributed by atoms with Gasteiger partial charge in [-0.25, -0.2) is 4.79 Å². The van der Waals surface area contributed by atoms with Crippen LogP contribution in [0.1, 0.15) is 16.1 Å². The number of hydrogen-bond donors (Lipinski definition) is 1. The summed E-state index contributed by atoms with van der Waals surface area (Å²) in [7, 11) is 0. The van der Waals surface area contributed by atoms with Gasteiger partial charge in [-0.2, -0.15) is 5.10 Å². The van der Waals surface area contributed by atoms with Crippen LogP contribution in [-0.2, 0) is 6.54 Å². The molecule has 1 fully saturated rings. The maximum absolute atomic E-state index is 12.5. The third kappa shape index (κ3) is 4.60. The number of urea groups is 1. The van der Waals surface area contributed by atoms with Crippen molar-refractivity contribution in [2.75, 3.05) is 31.5 Å². The quantitative estimate of drug-likeness (QED) is 0.741. The summed E-state index contributed by atoms with van der Waals surface area (Å²) < 4.78 is 1.73. The molecule has 4 rings (SSSR count). The van der Waals surface area contributed by atoms with Gasteiger partial charge in [0, 0.05) is 50.2 Å². The van der Waals surface area contributed by atoms with E-state index in [0.717, 1.165) is 5.69 Å². The molecule has 29 heavy (non-hydrogen) atoms. The zero-order chi connectivity index (χ0) is 20.1. The Morgan fingerprint density at radius 2 is 1.62 bits per heavy atom. The third-order valence-electron chi connectivity index (χ3n) is 4.80. The van der Waals surface area contributed by atoms with Crippen molar-refractivity contribution in [2.24, 2.45) is 0 Å². The number of aromatic nitrogens is 3. The van der Waals surface area contributed by atoms with Gasteiger partial charge in [0.25, 0.3) is 5.91 Å². The molecule has 8 heteroatoms. The maximum atomic E-state index is 12.5. The third-order valence-corrected chi connectivity index (χ3v) is 4.80. The highest BCUT2D eigenvalue weighted by Crippen LogP contribution is 2.11. The van der Waals surface area contributed by atoms with Crippen molar-refractivity contribution in [1.82, 2.24) is 24.6 Å². The van der Waals surface area contributed by atoms with E-state index in [4.69, 9.17) is 0 Å². The molecule has 3 heterocycles. The van der Waals surface area contributed by atoms with Gasteiger partial charge in [0.1, 0.15) is 0 Å². The van der Waals surface area contributed by atoms with Gasteiger partial charge >= 0.3 is 6.03 Å². The average molecular weight is 390 g/mol. The van der Waals surface area contributed by atoms with Gasteiger partial charge < -0.3 is 9.80 Å². The van der Waals surface area contributed by atoms with Gasteiger partial charge in [-0.3, -0.25) is 19.8 Å². The van der Waals surface area contributed by atoms with Crippen LogP contribution in [0.15, 0.2) is 67.0 Å². The largest absolute Gasteiger partial charge is 0.335 e. The fraction of sp³-hybridized carbons (Fsp3) is 0.238. The molecule has 148 valence electrons. The first kappa shape index (κ1) is 18.7. The highest BCUT2D eigenvalue weighted by atomic mass is 16.2. The normalized spacial score (nSPS) is 13.9. The topological polar surface area (TPSA) is 83.4 Å². The Hall–Kier alpha value is -3.68. The minimum absolute atomic E-state index is 0.000998. The Balaban J connectivity index is 1.28. The number of carbonyl (C=O) groups excluding carboxylic acids is 2. The first-order valence-corrected chi connectivity index (χ1v) is 9.53. The second-order valence-electron chi connectivity index (χ2n) is 6.80. The molecule has 1 saturated heterocycles. The number of benzene rings is 1. The van der Waals surface area contributed by atoms with Gasteiger partial charge in [-0.05, 0) is 24.3 Å². The van der Waals surface area contributed by atoms with Crippen LogP contribution in [0, 0.1) is 0 Å². The lowest BCUT2D eigenvalue weighted by Crippen LogP contribution is -2.51. The predicted molar refractivity (Wildman–Crippen MR) is 109 cm³/mol. The Labute approximate surface area is 168 Å². The fourth-order valence-corrected chi connectivity index (χ4v) is 3.24. The second kappa shape index (κ2) is 8.55. The SMILES string of the molecule is O=C(Nc1ccn(Cc2ccccn2)n1)N1CCN(C(=O)c2ccccc2)CC1. The predicted octanol–water partition coefficient (Wildman–Crippen LogP) is 2.32. The summed E-state index contributed by atoms with van der Waals surface area (Å²) in [6.07, 6.45) is 3.55. The number of nitrogens with one attached hydrogen (secondary N) is 1. The Morgan fingerprint density at radius 3 is 2.34 bits per heavy atom. The molecule has 0 saturated carbocycles. The molecule has 0 radical (unpaired) electrons. The van der Waals surface area contributed by atoms with Gasteiger partial charge in [-0.1, -0.05) is 24.3 Å². The molecule has 1 N–H and O–H groups in total. The van der Waals surface area contributed by atoms with Crippen molar-refractivity contribution in [1.29, 1.82) is 0 Å². The van der Waals surface area contributed by atoms with Gasteiger partial charge in [0.2, 0.25) is 0 Å². The molecule has 2 aromatic heterocycles. The van der Waals surface area contributed by atoms with Crippen LogP contribution in [0.3, 0.4) is 0 Å². The van der Waals surface area contributed by atoms with Crippen LogP contribution < -0.4 is 5.32 Å². The monoisotopic (exact) mass is 390 g/mol. The fourth-order valence-electron chi connectivity index (χ4n) is 3.24. The zero-order valence-electron chi connectivity index (χ0n) is 15.9. The lowest BCUT2D eigenvalue weighted by molar-refractivity contribution is 0.0671. The first-order chi connectivity index (χ1) is 14.2. The van der Waals surface area contributed by atoms with Crippen molar-refractivity contribution in [2.45, 2.75) is 6.54 Å². The molecular formula is C21H22N6O2. The minimum atomic E-state index is -0.208. The molecule has 0 aliphatic carbocycles. The van der Waals surface area contributed by atoms with Gasteiger partial charge in [-0.15, -0.1) is 0 Å². The lowest BCUT2D eigenvalue weighted by atomic mass is 10.2. The number of hydrogen-bond acceptors (Lipinski definition) is 4. The minimum Gasteiger partial charge on any atom is -0.335 e. The number of rotatable bonds is 4. The van der Waals surface area contributed by atoms with Crippen LogP contribution >= 0.6 is 0 Å². The standard InChI is InChI=1S/C21H22N6O2/c28-20(17-6-2-1-3-7-17)25-12-14-26(15-13-25)21(29)23-19-9-11-27(24-19)16-18-8-4-5-10-22-18/h1-11H,12-16H2,(H,23,24,29). The molecule has 1 aromatic carbocycles. The molecule has 0 atom stereocenters. The van der Waals surface area contributed by atoms with E-state index in [2.05, 4.69) is 15.4 Å². The Bertz CT molecular complexity index is 965. The number of amides is 3. The van der Waals surface area contributed by atoms with E-state index in [-0.39, 0.29) is 11.9 Å². The summed E-state index contributed by atoms with van der Waals surface area (Å²) in [6.45, 7) is 2.53. The number of nitrogens with zero attached hydrogens (tertiary/aromatic N) is 5. The highest BCUT2D eigenvalue weighted by molar-refractivity contribution is 5.94. The summed E-state index contributed by atoms with van der Waals surface area (Å²) in [4.78, 5) is 32.8. The van der Waals surface area contributed by atoms with Crippen molar-refractivity contribution in [3.63, 3.8) is 0 Å².